The SMILES string of the molecule is Cc1ccc(C2=NC(C=O)CS2)c(O)c1. The Morgan fingerprint density at radius 1 is 1.60 bits per heavy atom. The Bertz CT molecular complexity index is 429. The number of aromatic hydroxyl groups is 1. The summed E-state index contributed by atoms with van der Waals surface area (Å²) in [4.78, 5) is 14.8. The fourth-order valence-electron chi connectivity index (χ4n) is 1.43. The number of rotatable bonds is 2. The van der Waals surface area contributed by atoms with Crippen LogP contribution in [0.4, 0.5) is 0 Å². The molecular formula is C11H11NO2S. The van der Waals surface area contributed by atoms with Crippen molar-refractivity contribution in [3.8, 4) is 5.75 Å². The van der Waals surface area contributed by atoms with Gasteiger partial charge in [-0.1, -0.05) is 6.07 Å². The number of aryl methyl sites for hydroxylation is 1. The van der Waals surface area contributed by atoms with Crippen molar-refractivity contribution in [3.05, 3.63) is 29.3 Å². The molecule has 1 atom stereocenters. The molecule has 1 aliphatic heterocycles. The second kappa shape index (κ2) is 4.06. The first-order valence-electron chi connectivity index (χ1n) is 4.66. The number of aliphatic imine (C=N–C) groups is 1. The van der Waals surface area contributed by atoms with Crippen molar-refractivity contribution in [3.63, 3.8) is 0 Å². The van der Waals surface area contributed by atoms with Crippen molar-refractivity contribution in [2.45, 2.75) is 13.0 Å². The lowest BCUT2D eigenvalue weighted by atomic mass is 10.1. The molecule has 1 N–H and O–H groups in total. The highest BCUT2D eigenvalue weighted by Crippen LogP contribution is 2.28. The minimum absolute atomic E-state index is 0.229. The highest BCUT2D eigenvalue weighted by atomic mass is 32.2. The Balaban J connectivity index is 2.34. The van der Waals surface area contributed by atoms with Crippen LogP contribution < -0.4 is 0 Å². The topological polar surface area (TPSA) is 49.7 Å². The van der Waals surface area contributed by atoms with Gasteiger partial charge in [0.15, 0.2) is 0 Å². The monoisotopic (exact) mass is 221 g/mol. The molecule has 1 aliphatic rings. The van der Waals surface area contributed by atoms with Gasteiger partial charge in [-0.3, -0.25) is 4.99 Å². The normalized spacial score (nSPS) is 20.1. The summed E-state index contributed by atoms with van der Waals surface area (Å²) < 4.78 is 0. The van der Waals surface area contributed by atoms with Gasteiger partial charge >= 0.3 is 0 Å². The number of phenols is 1. The fraction of sp³-hybridized carbons (Fsp3) is 0.273. The lowest BCUT2D eigenvalue weighted by Crippen LogP contribution is -2.03. The zero-order valence-corrected chi connectivity index (χ0v) is 9.12. The molecule has 1 aromatic carbocycles. The number of thioether (sulfide) groups is 1. The molecule has 0 aromatic heterocycles. The second-order valence-corrected chi connectivity index (χ2v) is 4.48. The molecular weight excluding hydrogens is 210 g/mol. The Kier molecular flexibility index (Phi) is 2.77. The van der Waals surface area contributed by atoms with E-state index in [1.54, 1.807) is 6.07 Å². The zero-order valence-electron chi connectivity index (χ0n) is 8.30. The van der Waals surface area contributed by atoms with Crippen LogP contribution in [-0.4, -0.2) is 28.2 Å². The van der Waals surface area contributed by atoms with Crippen molar-refractivity contribution in [1.82, 2.24) is 0 Å². The van der Waals surface area contributed by atoms with Crippen molar-refractivity contribution >= 4 is 23.1 Å². The van der Waals surface area contributed by atoms with Crippen LogP contribution in [0.1, 0.15) is 11.1 Å². The molecule has 4 heteroatoms. The lowest BCUT2D eigenvalue weighted by molar-refractivity contribution is -0.108. The molecule has 1 unspecified atom stereocenters. The number of hydrogen-bond acceptors (Lipinski definition) is 4. The van der Waals surface area contributed by atoms with E-state index in [1.807, 2.05) is 19.1 Å². The summed E-state index contributed by atoms with van der Waals surface area (Å²) in [5.41, 5.74) is 1.72. The average Bonchev–Trinajstić information content (AvgIpc) is 2.66. The lowest BCUT2D eigenvalue weighted by Gasteiger charge is -2.03. The van der Waals surface area contributed by atoms with Crippen molar-refractivity contribution in [1.29, 1.82) is 0 Å². The van der Waals surface area contributed by atoms with Crippen LogP contribution in [0.3, 0.4) is 0 Å². The molecule has 1 aromatic rings. The molecule has 3 nitrogen and oxygen atoms in total. The van der Waals surface area contributed by atoms with Gasteiger partial charge in [0.1, 0.15) is 23.1 Å². The van der Waals surface area contributed by atoms with Crippen LogP contribution in [0.25, 0.3) is 0 Å². The van der Waals surface area contributed by atoms with Crippen molar-refractivity contribution < 1.29 is 9.90 Å². The van der Waals surface area contributed by atoms with E-state index in [1.165, 1.54) is 11.8 Å². The van der Waals surface area contributed by atoms with E-state index >= 15 is 0 Å². The molecule has 0 aliphatic carbocycles. The van der Waals surface area contributed by atoms with E-state index in [0.29, 0.717) is 5.75 Å². The van der Waals surface area contributed by atoms with E-state index in [0.717, 1.165) is 22.5 Å². The van der Waals surface area contributed by atoms with E-state index < -0.39 is 0 Å². The van der Waals surface area contributed by atoms with Crippen molar-refractivity contribution in [2.75, 3.05) is 5.75 Å². The summed E-state index contributed by atoms with van der Waals surface area (Å²) in [6, 6.07) is 5.20. The maximum Gasteiger partial charge on any atom is 0.145 e. The Hall–Kier alpha value is -1.29. The summed E-state index contributed by atoms with van der Waals surface area (Å²) in [5, 5.41) is 10.5. The Morgan fingerprint density at radius 3 is 3.00 bits per heavy atom. The molecule has 0 amide bonds. The third kappa shape index (κ3) is 2.04. The van der Waals surface area contributed by atoms with Gasteiger partial charge in [0.2, 0.25) is 0 Å². The van der Waals surface area contributed by atoms with Gasteiger partial charge in [-0.2, -0.15) is 0 Å². The van der Waals surface area contributed by atoms with E-state index in [2.05, 4.69) is 4.99 Å². The molecule has 0 spiro atoms. The maximum atomic E-state index is 10.5. The molecule has 2 rings (SSSR count). The number of benzene rings is 1. The number of nitrogens with zero attached hydrogens (tertiary/aromatic N) is 1. The van der Waals surface area contributed by atoms with E-state index in [-0.39, 0.29) is 11.8 Å². The summed E-state index contributed by atoms with van der Waals surface area (Å²) in [7, 11) is 0. The van der Waals surface area contributed by atoms with Gasteiger partial charge < -0.3 is 9.90 Å². The number of carbonyl (C=O) groups excluding carboxylic acids is 1. The number of phenolic OH excluding ortho intramolecular Hbond substituents is 1. The predicted octanol–water partition coefficient (Wildman–Crippen LogP) is 1.76. The van der Waals surface area contributed by atoms with Gasteiger partial charge in [0.05, 0.1) is 0 Å². The van der Waals surface area contributed by atoms with Crippen molar-refractivity contribution in [2.24, 2.45) is 4.99 Å². The Labute approximate surface area is 92.2 Å². The highest BCUT2D eigenvalue weighted by molar-refractivity contribution is 8.14. The van der Waals surface area contributed by atoms with Crippen LogP contribution in [0, 0.1) is 6.92 Å². The third-order valence-electron chi connectivity index (χ3n) is 2.21. The van der Waals surface area contributed by atoms with Gasteiger partial charge in [0, 0.05) is 11.3 Å². The number of hydrogen-bond donors (Lipinski definition) is 1. The molecule has 0 bridgehead atoms. The molecule has 1 heterocycles. The van der Waals surface area contributed by atoms with Crippen LogP contribution in [-0.2, 0) is 4.79 Å². The first-order chi connectivity index (χ1) is 7.20. The summed E-state index contributed by atoms with van der Waals surface area (Å²) in [5.74, 6) is 0.902. The third-order valence-corrected chi connectivity index (χ3v) is 3.32. The fourth-order valence-corrected chi connectivity index (χ4v) is 2.45. The standard InChI is InChI=1S/C11H11NO2S/c1-7-2-3-9(10(14)4-7)11-12-8(5-13)6-15-11/h2-5,8,14H,6H2,1H3. The quantitative estimate of drug-likeness (QED) is 0.774. The van der Waals surface area contributed by atoms with Gasteiger partial charge in [0.25, 0.3) is 0 Å². The predicted molar refractivity (Wildman–Crippen MR) is 61.7 cm³/mol. The first-order valence-corrected chi connectivity index (χ1v) is 5.65. The summed E-state index contributed by atoms with van der Waals surface area (Å²) in [6.07, 6.45) is 0.839. The minimum Gasteiger partial charge on any atom is -0.507 e. The smallest absolute Gasteiger partial charge is 0.145 e. The molecule has 0 radical (unpaired) electrons. The number of carbonyl (C=O) groups is 1. The van der Waals surface area contributed by atoms with E-state index in [4.69, 9.17) is 0 Å². The van der Waals surface area contributed by atoms with Crippen LogP contribution >= 0.6 is 11.8 Å². The molecule has 15 heavy (non-hydrogen) atoms. The number of aldehydes is 1. The van der Waals surface area contributed by atoms with Crippen LogP contribution in [0.2, 0.25) is 0 Å². The van der Waals surface area contributed by atoms with Gasteiger partial charge in [-0.25, -0.2) is 0 Å². The molecule has 0 saturated carbocycles. The maximum absolute atomic E-state index is 10.5. The highest BCUT2D eigenvalue weighted by Gasteiger charge is 2.20. The summed E-state index contributed by atoms with van der Waals surface area (Å²) in [6.45, 7) is 1.92. The molecule has 0 fully saturated rings. The minimum atomic E-state index is -0.259. The van der Waals surface area contributed by atoms with Gasteiger partial charge in [-0.15, -0.1) is 11.8 Å². The van der Waals surface area contributed by atoms with Crippen LogP contribution in [0.5, 0.6) is 5.75 Å². The summed E-state index contributed by atoms with van der Waals surface area (Å²) >= 11 is 1.51. The Morgan fingerprint density at radius 2 is 2.40 bits per heavy atom. The molecule has 78 valence electrons. The molecule has 0 saturated heterocycles. The van der Waals surface area contributed by atoms with E-state index in [9.17, 15) is 9.90 Å². The zero-order chi connectivity index (χ0) is 10.8. The second-order valence-electron chi connectivity index (χ2n) is 3.47. The largest absolute Gasteiger partial charge is 0.507 e. The van der Waals surface area contributed by atoms with Crippen LogP contribution in [0.15, 0.2) is 23.2 Å². The first kappa shape index (κ1) is 10.2. The average molecular weight is 221 g/mol. The van der Waals surface area contributed by atoms with Gasteiger partial charge in [-0.05, 0) is 24.6 Å².